The van der Waals surface area contributed by atoms with Crippen molar-refractivity contribution < 1.29 is 0 Å². The van der Waals surface area contributed by atoms with E-state index in [1.807, 2.05) is 20.2 Å². The van der Waals surface area contributed by atoms with E-state index in [9.17, 15) is 0 Å². The fourth-order valence-corrected chi connectivity index (χ4v) is 2.69. The van der Waals surface area contributed by atoms with Gasteiger partial charge in [0.1, 0.15) is 12.2 Å². The highest BCUT2D eigenvalue weighted by Crippen LogP contribution is 2.16. The van der Waals surface area contributed by atoms with Crippen molar-refractivity contribution in [1.29, 1.82) is 0 Å². The van der Waals surface area contributed by atoms with Gasteiger partial charge in [0.25, 0.3) is 0 Å². The molecule has 1 aromatic carbocycles. The zero-order chi connectivity index (χ0) is 16.8. The largest absolute Gasteiger partial charge is 0.357 e. The number of halogens is 1. The maximum Gasteiger partial charge on any atom is 0.194 e. The van der Waals surface area contributed by atoms with Gasteiger partial charge < -0.3 is 10.2 Å². The summed E-state index contributed by atoms with van der Waals surface area (Å²) in [4.78, 5) is 11.1. The highest BCUT2D eigenvalue weighted by molar-refractivity contribution is 9.10. The van der Waals surface area contributed by atoms with Crippen LogP contribution in [-0.4, -0.2) is 39.2 Å². The van der Waals surface area contributed by atoms with Gasteiger partial charge in [0, 0.05) is 25.1 Å². The van der Waals surface area contributed by atoms with Crippen LogP contribution in [0, 0.1) is 6.92 Å². The zero-order valence-electron chi connectivity index (χ0n) is 14.0. The molecule has 1 N–H and O–H groups in total. The van der Waals surface area contributed by atoms with E-state index >= 15 is 0 Å². The Kier molecular flexibility index (Phi) is 6.15. The van der Waals surface area contributed by atoms with Crippen LogP contribution in [0.3, 0.4) is 0 Å². The van der Waals surface area contributed by atoms with Crippen LogP contribution < -0.4 is 5.32 Å². The maximum absolute atomic E-state index is 4.74. The molecule has 124 valence electrons. The van der Waals surface area contributed by atoms with Crippen LogP contribution in [0.1, 0.15) is 23.9 Å². The summed E-state index contributed by atoms with van der Waals surface area (Å²) in [5.41, 5.74) is 2.45. The van der Waals surface area contributed by atoms with Crippen molar-refractivity contribution in [2.24, 2.45) is 12.0 Å². The molecular formula is C16H23BrN6. The molecule has 1 heterocycles. The van der Waals surface area contributed by atoms with E-state index in [4.69, 9.17) is 4.99 Å². The molecule has 0 saturated carbocycles. The van der Waals surface area contributed by atoms with E-state index in [2.05, 4.69) is 62.2 Å². The summed E-state index contributed by atoms with van der Waals surface area (Å²) in [5.74, 6) is 1.76. The van der Waals surface area contributed by atoms with E-state index in [-0.39, 0.29) is 0 Å². The fraction of sp³-hybridized carbons (Fsp3) is 0.438. The number of nitrogens with one attached hydrogen (secondary N) is 1. The SMILES string of the molecule is CCNC(=NCc1ccc(Br)cc1C)N(C)Cc1ncnn1C. The van der Waals surface area contributed by atoms with Crippen LogP contribution in [0.5, 0.6) is 0 Å². The summed E-state index contributed by atoms with van der Waals surface area (Å²) in [5, 5.41) is 7.43. The molecule has 6 nitrogen and oxygen atoms in total. The van der Waals surface area contributed by atoms with Crippen molar-refractivity contribution in [1.82, 2.24) is 25.0 Å². The van der Waals surface area contributed by atoms with Gasteiger partial charge in [-0.15, -0.1) is 0 Å². The molecule has 0 fully saturated rings. The van der Waals surface area contributed by atoms with Crippen LogP contribution in [0.25, 0.3) is 0 Å². The Morgan fingerprint density at radius 2 is 2.22 bits per heavy atom. The number of guanidine groups is 1. The van der Waals surface area contributed by atoms with Gasteiger partial charge in [-0.25, -0.2) is 9.98 Å². The fourth-order valence-electron chi connectivity index (χ4n) is 2.22. The Labute approximate surface area is 145 Å². The Balaban J connectivity index is 2.11. The van der Waals surface area contributed by atoms with Crippen molar-refractivity contribution in [3.8, 4) is 0 Å². The van der Waals surface area contributed by atoms with Crippen molar-refractivity contribution in [3.63, 3.8) is 0 Å². The summed E-state index contributed by atoms with van der Waals surface area (Å²) in [6.07, 6.45) is 1.57. The van der Waals surface area contributed by atoms with E-state index in [1.54, 1.807) is 11.0 Å². The second-order valence-corrected chi connectivity index (χ2v) is 6.31. The monoisotopic (exact) mass is 378 g/mol. The number of rotatable bonds is 5. The summed E-state index contributed by atoms with van der Waals surface area (Å²) >= 11 is 3.49. The molecule has 7 heteroatoms. The lowest BCUT2D eigenvalue weighted by molar-refractivity contribution is 0.448. The molecule has 0 aliphatic carbocycles. The van der Waals surface area contributed by atoms with Crippen LogP contribution >= 0.6 is 15.9 Å². The molecule has 0 atom stereocenters. The average Bonchev–Trinajstić information content (AvgIpc) is 2.90. The average molecular weight is 379 g/mol. The maximum atomic E-state index is 4.74. The van der Waals surface area contributed by atoms with Crippen molar-refractivity contribution in [2.45, 2.75) is 26.9 Å². The molecule has 1 aromatic heterocycles. The minimum Gasteiger partial charge on any atom is -0.357 e. The number of aromatic nitrogens is 3. The number of aryl methyl sites for hydroxylation is 2. The lowest BCUT2D eigenvalue weighted by Gasteiger charge is -2.21. The molecular weight excluding hydrogens is 356 g/mol. The third kappa shape index (κ3) is 4.79. The smallest absolute Gasteiger partial charge is 0.194 e. The first-order chi connectivity index (χ1) is 11.0. The molecule has 23 heavy (non-hydrogen) atoms. The van der Waals surface area contributed by atoms with Crippen LogP contribution in [0.4, 0.5) is 0 Å². The van der Waals surface area contributed by atoms with Gasteiger partial charge >= 0.3 is 0 Å². The molecule has 2 rings (SSSR count). The van der Waals surface area contributed by atoms with Gasteiger partial charge in [-0.1, -0.05) is 22.0 Å². The molecule has 0 aliphatic rings. The minimum absolute atomic E-state index is 0.643. The summed E-state index contributed by atoms with van der Waals surface area (Å²) < 4.78 is 2.87. The van der Waals surface area contributed by atoms with Crippen molar-refractivity contribution in [2.75, 3.05) is 13.6 Å². The molecule has 0 saturated heterocycles. The first-order valence-electron chi connectivity index (χ1n) is 7.58. The van der Waals surface area contributed by atoms with Crippen LogP contribution in [0.15, 0.2) is 34.0 Å². The third-order valence-electron chi connectivity index (χ3n) is 3.58. The Morgan fingerprint density at radius 1 is 1.43 bits per heavy atom. The number of nitrogens with zero attached hydrogens (tertiary/aromatic N) is 5. The summed E-state index contributed by atoms with van der Waals surface area (Å²) in [6, 6.07) is 6.27. The first-order valence-corrected chi connectivity index (χ1v) is 8.38. The van der Waals surface area contributed by atoms with E-state index in [1.165, 1.54) is 11.1 Å². The standard InChI is InChI=1S/C16H23BrN6/c1-5-18-16(22(3)10-15-20-11-21-23(15)4)19-9-13-6-7-14(17)8-12(13)2/h6-8,11H,5,9-10H2,1-4H3,(H,18,19). The van der Waals surface area contributed by atoms with E-state index < -0.39 is 0 Å². The van der Waals surface area contributed by atoms with Gasteiger partial charge in [0.15, 0.2) is 5.96 Å². The summed E-state index contributed by atoms with van der Waals surface area (Å²) in [6.45, 7) is 6.29. The molecule has 0 unspecified atom stereocenters. The van der Waals surface area contributed by atoms with Gasteiger partial charge in [-0.2, -0.15) is 5.10 Å². The van der Waals surface area contributed by atoms with Crippen LogP contribution in [-0.2, 0) is 20.1 Å². The van der Waals surface area contributed by atoms with E-state index in [0.29, 0.717) is 13.1 Å². The number of hydrogen-bond donors (Lipinski definition) is 1. The lowest BCUT2D eigenvalue weighted by atomic mass is 10.1. The second kappa shape index (κ2) is 8.10. The predicted molar refractivity (Wildman–Crippen MR) is 96.2 cm³/mol. The molecule has 0 radical (unpaired) electrons. The number of aliphatic imine (C=N–C) groups is 1. The van der Waals surface area contributed by atoms with Gasteiger partial charge in [0.05, 0.1) is 13.1 Å². The topological polar surface area (TPSA) is 58.3 Å². The highest BCUT2D eigenvalue weighted by Gasteiger charge is 2.10. The normalized spacial score (nSPS) is 11.6. The van der Waals surface area contributed by atoms with Gasteiger partial charge in [0.2, 0.25) is 0 Å². The second-order valence-electron chi connectivity index (χ2n) is 5.40. The van der Waals surface area contributed by atoms with E-state index in [0.717, 1.165) is 22.8 Å². The number of hydrogen-bond acceptors (Lipinski definition) is 3. The Morgan fingerprint density at radius 3 is 2.83 bits per heavy atom. The molecule has 0 spiro atoms. The summed E-state index contributed by atoms with van der Waals surface area (Å²) in [7, 11) is 3.90. The minimum atomic E-state index is 0.643. The molecule has 0 bridgehead atoms. The van der Waals surface area contributed by atoms with Gasteiger partial charge in [-0.3, -0.25) is 4.68 Å². The zero-order valence-corrected chi connectivity index (χ0v) is 15.6. The van der Waals surface area contributed by atoms with Crippen molar-refractivity contribution in [3.05, 3.63) is 46.0 Å². The lowest BCUT2D eigenvalue weighted by Crippen LogP contribution is -2.39. The Hall–Kier alpha value is -1.89. The predicted octanol–water partition coefficient (Wildman–Crippen LogP) is 2.48. The Bertz CT molecular complexity index is 679. The highest BCUT2D eigenvalue weighted by atomic mass is 79.9. The van der Waals surface area contributed by atoms with Gasteiger partial charge in [-0.05, 0) is 37.1 Å². The molecule has 0 amide bonds. The number of benzene rings is 1. The first kappa shape index (κ1) is 17.5. The molecule has 0 aliphatic heterocycles. The quantitative estimate of drug-likeness (QED) is 0.641. The van der Waals surface area contributed by atoms with Crippen molar-refractivity contribution >= 4 is 21.9 Å². The third-order valence-corrected chi connectivity index (χ3v) is 4.08. The molecule has 2 aromatic rings. The van der Waals surface area contributed by atoms with Crippen LogP contribution in [0.2, 0.25) is 0 Å².